The Bertz CT molecular complexity index is 518. The van der Waals surface area contributed by atoms with Crippen LogP contribution in [0.4, 0.5) is 5.82 Å². The number of nitrogens with one attached hydrogen (secondary N) is 1. The van der Waals surface area contributed by atoms with Crippen molar-refractivity contribution in [3.63, 3.8) is 0 Å². The van der Waals surface area contributed by atoms with E-state index in [9.17, 15) is 0 Å². The monoisotopic (exact) mass is 225 g/mol. The molecule has 1 aromatic carbocycles. The van der Waals surface area contributed by atoms with E-state index in [1.165, 1.54) is 5.56 Å². The van der Waals surface area contributed by atoms with Crippen LogP contribution in [-0.2, 0) is 5.41 Å². The Hall–Kier alpha value is -1.90. The summed E-state index contributed by atoms with van der Waals surface area (Å²) >= 11 is 0. The van der Waals surface area contributed by atoms with Crippen molar-refractivity contribution in [1.82, 2.24) is 9.97 Å². The maximum Gasteiger partial charge on any atom is 0.141 e. The zero-order valence-electron chi connectivity index (χ0n) is 9.85. The zero-order chi connectivity index (χ0) is 11.7. The fourth-order valence-corrected chi connectivity index (χ4v) is 2.25. The highest BCUT2D eigenvalue weighted by Crippen LogP contribution is 2.52. The molecule has 0 aliphatic heterocycles. The first-order valence-electron chi connectivity index (χ1n) is 5.92. The lowest BCUT2D eigenvalue weighted by molar-refractivity contribution is 0.756. The van der Waals surface area contributed by atoms with E-state index < -0.39 is 0 Å². The Morgan fingerprint density at radius 2 is 1.88 bits per heavy atom. The maximum atomic E-state index is 4.58. The summed E-state index contributed by atoms with van der Waals surface area (Å²) in [5, 5.41) is 3.07. The minimum Gasteiger partial charge on any atom is -0.373 e. The summed E-state index contributed by atoms with van der Waals surface area (Å²) in [6, 6.07) is 12.4. The summed E-state index contributed by atoms with van der Waals surface area (Å²) in [6.45, 7) is 0. The van der Waals surface area contributed by atoms with E-state index in [1.807, 2.05) is 25.4 Å². The van der Waals surface area contributed by atoms with Crippen molar-refractivity contribution < 1.29 is 0 Å². The van der Waals surface area contributed by atoms with Crippen LogP contribution in [0.1, 0.15) is 24.2 Å². The van der Waals surface area contributed by atoms with Gasteiger partial charge in [0.2, 0.25) is 0 Å². The molecule has 3 rings (SSSR count). The average Bonchev–Trinajstić information content (AvgIpc) is 3.21. The molecule has 1 aromatic heterocycles. The largest absolute Gasteiger partial charge is 0.373 e. The van der Waals surface area contributed by atoms with E-state index in [-0.39, 0.29) is 5.41 Å². The predicted molar refractivity (Wildman–Crippen MR) is 68.0 cm³/mol. The van der Waals surface area contributed by atoms with Gasteiger partial charge in [0.25, 0.3) is 0 Å². The number of hydrogen-bond acceptors (Lipinski definition) is 3. The molecule has 1 aliphatic carbocycles. The molecule has 86 valence electrons. The number of benzene rings is 1. The normalized spacial score (nSPS) is 16.5. The van der Waals surface area contributed by atoms with Crippen LogP contribution in [0.2, 0.25) is 0 Å². The lowest BCUT2D eigenvalue weighted by Crippen LogP contribution is -2.13. The van der Waals surface area contributed by atoms with E-state index in [1.54, 1.807) is 0 Å². The summed E-state index contributed by atoms with van der Waals surface area (Å²) in [4.78, 5) is 9.03. The first-order valence-corrected chi connectivity index (χ1v) is 5.92. The van der Waals surface area contributed by atoms with Crippen molar-refractivity contribution in [1.29, 1.82) is 0 Å². The van der Waals surface area contributed by atoms with Crippen LogP contribution in [0.5, 0.6) is 0 Å². The van der Waals surface area contributed by atoms with Crippen molar-refractivity contribution >= 4 is 5.82 Å². The maximum absolute atomic E-state index is 4.58. The number of rotatable bonds is 3. The molecule has 0 atom stereocenters. The lowest BCUT2D eigenvalue weighted by atomic mass is 9.95. The van der Waals surface area contributed by atoms with Gasteiger partial charge in [-0.2, -0.15) is 0 Å². The van der Waals surface area contributed by atoms with Gasteiger partial charge in [-0.1, -0.05) is 30.3 Å². The van der Waals surface area contributed by atoms with Crippen LogP contribution >= 0.6 is 0 Å². The van der Waals surface area contributed by atoms with Gasteiger partial charge in [-0.15, -0.1) is 0 Å². The number of nitrogens with zero attached hydrogens (tertiary/aromatic N) is 2. The summed E-state index contributed by atoms with van der Waals surface area (Å²) in [7, 11) is 1.88. The highest BCUT2D eigenvalue weighted by Gasteiger charge is 2.48. The number of aromatic nitrogens is 2. The van der Waals surface area contributed by atoms with E-state index in [0.717, 1.165) is 24.5 Å². The second kappa shape index (κ2) is 3.84. The molecule has 0 bridgehead atoms. The summed E-state index contributed by atoms with van der Waals surface area (Å²) < 4.78 is 0. The molecule has 1 saturated carbocycles. The number of anilines is 1. The molecule has 0 amide bonds. The van der Waals surface area contributed by atoms with Crippen molar-refractivity contribution in [3.05, 3.63) is 54.0 Å². The van der Waals surface area contributed by atoms with Gasteiger partial charge in [-0.05, 0) is 24.5 Å². The van der Waals surface area contributed by atoms with Crippen LogP contribution < -0.4 is 5.32 Å². The van der Waals surface area contributed by atoms with Gasteiger partial charge in [0.05, 0.1) is 5.41 Å². The van der Waals surface area contributed by atoms with E-state index in [0.29, 0.717) is 0 Å². The molecule has 2 aromatic rings. The fourth-order valence-electron chi connectivity index (χ4n) is 2.25. The van der Waals surface area contributed by atoms with Crippen molar-refractivity contribution in [2.45, 2.75) is 18.3 Å². The minimum absolute atomic E-state index is 0.0636. The van der Waals surface area contributed by atoms with Gasteiger partial charge in [-0.25, -0.2) is 9.97 Å². The Balaban J connectivity index is 2.03. The summed E-state index contributed by atoms with van der Waals surface area (Å²) in [5.41, 5.74) is 1.39. The molecular weight excluding hydrogens is 210 g/mol. The smallest absolute Gasteiger partial charge is 0.141 e. The third-order valence-electron chi connectivity index (χ3n) is 3.42. The molecule has 17 heavy (non-hydrogen) atoms. The van der Waals surface area contributed by atoms with Gasteiger partial charge in [0.15, 0.2) is 0 Å². The minimum atomic E-state index is 0.0636. The fraction of sp³-hybridized carbons (Fsp3) is 0.286. The topological polar surface area (TPSA) is 37.8 Å². The van der Waals surface area contributed by atoms with Crippen molar-refractivity contribution in [2.24, 2.45) is 0 Å². The van der Waals surface area contributed by atoms with Gasteiger partial charge in [-0.3, -0.25) is 0 Å². The van der Waals surface area contributed by atoms with Crippen LogP contribution in [0.3, 0.4) is 0 Å². The predicted octanol–water partition coefficient (Wildman–Crippen LogP) is 2.60. The molecule has 0 spiro atoms. The van der Waals surface area contributed by atoms with E-state index in [2.05, 4.69) is 39.6 Å². The quantitative estimate of drug-likeness (QED) is 0.872. The van der Waals surface area contributed by atoms with Gasteiger partial charge in [0, 0.05) is 13.2 Å². The molecule has 1 heterocycles. The van der Waals surface area contributed by atoms with Gasteiger partial charge in [0.1, 0.15) is 11.6 Å². The van der Waals surface area contributed by atoms with E-state index >= 15 is 0 Å². The van der Waals surface area contributed by atoms with Gasteiger partial charge < -0.3 is 5.32 Å². The third kappa shape index (κ3) is 1.68. The molecule has 1 aliphatic rings. The standard InChI is InChI=1S/C14H15N3/c1-15-12-7-10-16-13(17-12)14(8-9-14)11-5-3-2-4-6-11/h2-7,10H,8-9H2,1H3,(H,15,16,17). The first-order chi connectivity index (χ1) is 8.35. The molecule has 1 N–H and O–H groups in total. The molecule has 0 radical (unpaired) electrons. The first kappa shape index (κ1) is 10.3. The van der Waals surface area contributed by atoms with Crippen molar-refractivity contribution in [2.75, 3.05) is 12.4 Å². The molecular formula is C14H15N3. The Kier molecular flexibility index (Phi) is 2.32. The Morgan fingerprint density at radius 3 is 2.53 bits per heavy atom. The average molecular weight is 225 g/mol. The van der Waals surface area contributed by atoms with Crippen LogP contribution in [0.25, 0.3) is 0 Å². The SMILES string of the molecule is CNc1ccnc(C2(c3ccccc3)CC2)n1. The lowest BCUT2D eigenvalue weighted by Gasteiger charge is -2.14. The molecule has 3 heteroatoms. The second-order valence-corrected chi connectivity index (χ2v) is 4.46. The molecule has 0 unspecified atom stereocenters. The third-order valence-corrected chi connectivity index (χ3v) is 3.42. The molecule has 1 fully saturated rings. The molecule has 0 saturated heterocycles. The highest BCUT2D eigenvalue weighted by atomic mass is 15.0. The van der Waals surface area contributed by atoms with Crippen molar-refractivity contribution in [3.8, 4) is 0 Å². The van der Waals surface area contributed by atoms with Crippen LogP contribution in [0.15, 0.2) is 42.6 Å². The number of hydrogen-bond donors (Lipinski definition) is 1. The zero-order valence-corrected chi connectivity index (χ0v) is 9.85. The van der Waals surface area contributed by atoms with Gasteiger partial charge >= 0.3 is 0 Å². The molecule has 3 nitrogen and oxygen atoms in total. The Morgan fingerprint density at radius 1 is 1.12 bits per heavy atom. The highest BCUT2D eigenvalue weighted by molar-refractivity contribution is 5.42. The van der Waals surface area contributed by atoms with E-state index in [4.69, 9.17) is 0 Å². The summed E-state index contributed by atoms with van der Waals surface area (Å²) in [6.07, 6.45) is 4.12. The Labute approximate surface area is 101 Å². The summed E-state index contributed by atoms with van der Waals surface area (Å²) in [5.74, 6) is 1.83. The van der Waals surface area contributed by atoms with Crippen LogP contribution in [0, 0.1) is 0 Å². The van der Waals surface area contributed by atoms with Crippen LogP contribution in [-0.4, -0.2) is 17.0 Å². The second-order valence-electron chi connectivity index (χ2n) is 4.46.